The molecule has 26 heavy (non-hydrogen) atoms. The van der Waals surface area contributed by atoms with Crippen molar-refractivity contribution in [2.45, 2.75) is 19.9 Å². The lowest BCUT2D eigenvalue weighted by Crippen LogP contribution is -2.31. The first-order valence-electron chi connectivity index (χ1n) is 7.91. The maximum atomic E-state index is 12.8. The maximum Gasteiger partial charge on any atom is 0.274 e. The molecule has 2 rings (SSSR count). The van der Waals surface area contributed by atoms with Crippen molar-refractivity contribution in [2.75, 3.05) is 6.54 Å². The summed E-state index contributed by atoms with van der Waals surface area (Å²) in [7, 11) is 0. The Balaban J connectivity index is 2.24. The van der Waals surface area contributed by atoms with Crippen molar-refractivity contribution in [3.8, 4) is 11.5 Å². The number of carbonyl (C=O) groups excluding carboxylic acids is 2. The van der Waals surface area contributed by atoms with Crippen LogP contribution < -0.4 is 5.48 Å². The van der Waals surface area contributed by atoms with Gasteiger partial charge in [0.25, 0.3) is 11.8 Å². The van der Waals surface area contributed by atoms with Gasteiger partial charge in [-0.2, -0.15) is 0 Å². The Morgan fingerprint density at radius 1 is 1.12 bits per heavy atom. The van der Waals surface area contributed by atoms with Gasteiger partial charge in [0.15, 0.2) is 0 Å². The first-order chi connectivity index (χ1) is 12.4. The third kappa shape index (κ3) is 4.44. The molecule has 0 saturated carbocycles. The minimum atomic E-state index is -0.623. The number of halogens is 1. The third-order valence-electron chi connectivity index (χ3n) is 3.77. The summed E-state index contributed by atoms with van der Waals surface area (Å²) in [6, 6.07) is 8.66. The van der Waals surface area contributed by atoms with Crippen LogP contribution in [0.4, 0.5) is 0 Å². The zero-order chi connectivity index (χ0) is 19.3. The third-order valence-corrected chi connectivity index (χ3v) is 4.07. The molecule has 0 unspecified atom stereocenters. The first kappa shape index (κ1) is 19.6. The fraction of sp³-hybridized carbons (Fsp3) is 0.222. The second-order valence-corrected chi connectivity index (χ2v) is 6.09. The average Bonchev–Trinajstić information content (AvgIpc) is 2.63. The van der Waals surface area contributed by atoms with Gasteiger partial charge in [0.05, 0.1) is 10.6 Å². The lowest BCUT2D eigenvalue weighted by atomic mass is 10.1. The first-order valence-corrected chi connectivity index (χ1v) is 8.29. The van der Waals surface area contributed by atoms with Crippen molar-refractivity contribution in [1.29, 1.82) is 0 Å². The van der Waals surface area contributed by atoms with Crippen LogP contribution in [-0.4, -0.2) is 38.7 Å². The smallest absolute Gasteiger partial charge is 0.274 e. The molecule has 2 amide bonds. The van der Waals surface area contributed by atoms with Crippen LogP contribution in [0.2, 0.25) is 5.02 Å². The number of rotatable bonds is 6. The normalized spacial score (nSPS) is 10.4. The van der Waals surface area contributed by atoms with Crippen molar-refractivity contribution in [2.24, 2.45) is 0 Å². The summed E-state index contributed by atoms with van der Waals surface area (Å²) in [5.41, 5.74) is 2.61. The van der Waals surface area contributed by atoms with E-state index in [-0.39, 0.29) is 34.2 Å². The molecule has 8 heteroatoms. The fourth-order valence-electron chi connectivity index (χ4n) is 2.46. The maximum absolute atomic E-state index is 12.8. The Morgan fingerprint density at radius 3 is 2.35 bits per heavy atom. The monoisotopic (exact) mass is 378 g/mol. The Bertz CT molecular complexity index is 808. The van der Waals surface area contributed by atoms with Gasteiger partial charge in [-0.1, -0.05) is 30.7 Å². The molecule has 0 spiro atoms. The number of hydrogen-bond acceptors (Lipinski definition) is 5. The van der Waals surface area contributed by atoms with Crippen molar-refractivity contribution in [3.05, 3.63) is 58.1 Å². The highest BCUT2D eigenvalue weighted by atomic mass is 35.5. The van der Waals surface area contributed by atoms with E-state index in [0.717, 1.165) is 11.6 Å². The molecule has 7 nitrogen and oxygen atoms in total. The highest BCUT2D eigenvalue weighted by Gasteiger charge is 2.21. The van der Waals surface area contributed by atoms with E-state index in [1.54, 1.807) is 17.6 Å². The van der Waals surface area contributed by atoms with Gasteiger partial charge in [0.1, 0.15) is 11.5 Å². The van der Waals surface area contributed by atoms with Crippen LogP contribution >= 0.6 is 11.6 Å². The van der Waals surface area contributed by atoms with E-state index in [1.165, 1.54) is 23.1 Å². The van der Waals surface area contributed by atoms with Gasteiger partial charge in [-0.15, -0.1) is 0 Å². The van der Waals surface area contributed by atoms with Gasteiger partial charge in [0, 0.05) is 24.7 Å². The number of nitrogens with one attached hydrogen (secondary N) is 1. The Kier molecular flexibility index (Phi) is 6.43. The zero-order valence-electron chi connectivity index (χ0n) is 14.1. The molecule has 2 aromatic carbocycles. The fourth-order valence-corrected chi connectivity index (χ4v) is 2.62. The molecule has 0 bridgehead atoms. The van der Waals surface area contributed by atoms with Gasteiger partial charge in [0.2, 0.25) is 0 Å². The Morgan fingerprint density at radius 2 is 1.77 bits per heavy atom. The van der Waals surface area contributed by atoms with E-state index in [1.807, 2.05) is 6.92 Å². The highest BCUT2D eigenvalue weighted by molar-refractivity contribution is 6.32. The summed E-state index contributed by atoms with van der Waals surface area (Å²) in [5.74, 6) is -1.71. The SMILES string of the molecule is CCCN(Cc1ccc(C(=O)NO)cc1)C(=O)c1cc(Cl)c(O)cc1O. The zero-order valence-corrected chi connectivity index (χ0v) is 14.8. The number of phenolic OH excluding ortho intramolecular Hbond substituents is 2. The summed E-state index contributed by atoms with van der Waals surface area (Å²) >= 11 is 5.84. The number of nitrogens with zero attached hydrogens (tertiary/aromatic N) is 1. The largest absolute Gasteiger partial charge is 0.507 e. The predicted octanol–water partition coefficient (Wildman–Crippen LogP) is 2.92. The predicted molar refractivity (Wildman–Crippen MR) is 95.5 cm³/mol. The Labute approximate surface area is 155 Å². The summed E-state index contributed by atoms with van der Waals surface area (Å²) < 4.78 is 0. The van der Waals surface area contributed by atoms with Crippen LogP contribution in [0.5, 0.6) is 11.5 Å². The molecule has 0 aliphatic heterocycles. The number of aromatic hydroxyl groups is 2. The number of amides is 2. The minimum absolute atomic E-state index is 0.00229. The minimum Gasteiger partial charge on any atom is -0.507 e. The van der Waals surface area contributed by atoms with Gasteiger partial charge < -0.3 is 15.1 Å². The van der Waals surface area contributed by atoms with E-state index < -0.39 is 11.8 Å². The summed E-state index contributed by atoms with van der Waals surface area (Å²) in [4.78, 5) is 25.7. The van der Waals surface area contributed by atoms with Crippen LogP contribution in [0.3, 0.4) is 0 Å². The van der Waals surface area contributed by atoms with Crippen LogP contribution in [0.1, 0.15) is 39.6 Å². The van der Waals surface area contributed by atoms with Crippen molar-refractivity contribution >= 4 is 23.4 Å². The molecular weight excluding hydrogens is 360 g/mol. The second kappa shape index (κ2) is 8.55. The number of hydrogen-bond donors (Lipinski definition) is 4. The Hall–Kier alpha value is -2.77. The van der Waals surface area contributed by atoms with E-state index in [9.17, 15) is 19.8 Å². The molecule has 0 radical (unpaired) electrons. The van der Waals surface area contributed by atoms with Crippen molar-refractivity contribution in [3.63, 3.8) is 0 Å². The van der Waals surface area contributed by atoms with Crippen LogP contribution in [0, 0.1) is 0 Å². The van der Waals surface area contributed by atoms with Gasteiger partial charge >= 0.3 is 0 Å². The molecule has 0 atom stereocenters. The molecular formula is C18H19ClN2O5. The van der Waals surface area contributed by atoms with E-state index in [2.05, 4.69) is 0 Å². The number of benzene rings is 2. The van der Waals surface area contributed by atoms with Crippen molar-refractivity contribution < 1.29 is 25.0 Å². The lowest BCUT2D eigenvalue weighted by molar-refractivity contribution is 0.0704. The summed E-state index contributed by atoms with van der Waals surface area (Å²) in [5, 5.41) is 28.1. The average molecular weight is 379 g/mol. The molecule has 0 saturated heterocycles. The summed E-state index contributed by atoms with van der Waals surface area (Å²) in [6.45, 7) is 2.61. The van der Waals surface area contributed by atoms with Gasteiger partial charge in [-0.3, -0.25) is 14.8 Å². The van der Waals surface area contributed by atoms with Crippen LogP contribution in [0.15, 0.2) is 36.4 Å². The van der Waals surface area contributed by atoms with Crippen molar-refractivity contribution in [1.82, 2.24) is 10.4 Å². The second-order valence-electron chi connectivity index (χ2n) is 5.69. The number of carbonyl (C=O) groups is 2. The molecule has 0 aliphatic rings. The summed E-state index contributed by atoms with van der Waals surface area (Å²) in [6.07, 6.45) is 0.698. The van der Waals surface area contributed by atoms with E-state index in [0.29, 0.717) is 13.0 Å². The van der Waals surface area contributed by atoms with Gasteiger partial charge in [-0.05, 0) is 30.2 Å². The quantitative estimate of drug-likeness (QED) is 0.456. The molecule has 4 N–H and O–H groups in total. The number of hydroxylamine groups is 1. The standard InChI is InChI=1S/C18H19ClN2O5/c1-2-7-21(10-11-3-5-12(6-4-11)17(24)20-26)18(25)13-8-14(19)16(23)9-15(13)22/h3-6,8-9,22-23,26H,2,7,10H2,1H3,(H,20,24). The van der Waals surface area contributed by atoms with Gasteiger partial charge in [-0.25, -0.2) is 5.48 Å². The van der Waals surface area contributed by atoms with E-state index in [4.69, 9.17) is 16.8 Å². The molecule has 2 aromatic rings. The highest BCUT2D eigenvalue weighted by Crippen LogP contribution is 2.32. The van der Waals surface area contributed by atoms with E-state index >= 15 is 0 Å². The lowest BCUT2D eigenvalue weighted by Gasteiger charge is -2.23. The molecule has 0 aliphatic carbocycles. The van der Waals surface area contributed by atoms with Crippen LogP contribution in [-0.2, 0) is 6.54 Å². The molecule has 138 valence electrons. The number of phenols is 2. The topological polar surface area (TPSA) is 110 Å². The molecule has 0 aromatic heterocycles. The van der Waals surface area contributed by atoms with Crippen LogP contribution in [0.25, 0.3) is 0 Å². The molecule has 0 heterocycles. The molecule has 0 fully saturated rings.